The maximum atomic E-state index is 17.5. The molecule has 0 N–H and O–H groups in total. The standard InChI is InChI=1S/C41H52F4N6O6Si/c1-40(2,3)57-39(53)50-23-26(20-41(44,45)24-50)28-18-29(31-22-46-10-9-33(31)54-4)30-19-32(51(36(30)35(28)43)25-56-15-16-58(6,7)8)38(52)49-13-11-48(12-14-49)37-34(55-5)17-27(42)21-47-37/h9-10,17-19,21-22,26H,11-16,20,23-25H2,1-8H3. The smallest absolute Gasteiger partial charge is 0.410 e. The number of amides is 2. The molecule has 3 aromatic heterocycles. The number of piperazine rings is 1. The molecule has 1 unspecified atom stereocenters. The Morgan fingerprint density at radius 1 is 0.948 bits per heavy atom. The van der Waals surface area contributed by atoms with Crippen molar-refractivity contribution in [1.29, 1.82) is 0 Å². The molecule has 5 heterocycles. The summed E-state index contributed by atoms with van der Waals surface area (Å²) < 4.78 is 86.7. The van der Waals surface area contributed by atoms with Crippen LogP contribution in [0.2, 0.25) is 25.7 Å². The molecule has 0 spiro atoms. The van der Waals surface area contributed by atoms with Crippen molar-refractivity contribution in [2.75, 3.05) is 65.0 Å². The number of halogens is 4. The van der Waals surface area contributed by atoms with Gasteiger partial charge in [-0.3, -0.25) is 9.78 Å². The molecule has 4 aromatic rings. The number of nitrogens with zero attached hydrogens (tertiary/aromatic N) is 6. The molecule has 17 heteroatoms. The SMILES string of the molecule is COc1ccncc1-c1cc(C2CN(C(=O)OC(C)(C)C)CC(F)(F)C2)c(F)c2c1cc(C(=O)N1CCN(c3ncc(F)cc3OC)CC1)n2COCC[Si](C)(C)C. The first-order valence-corrected chi connectivity index (χ1v) is 23.0. The van der Waals surface area contributed by atoms with E-state index in [1.807, 2.05) is 4.90 Å². The summed E-state index contributed by atoms with van der Waals surface area (Å²) in [5.41, 5.74) is -0.0124. The van der Waals surface area contributed by atoms with Crippen molar-refractivity contribution in [3.8, 4) is 22.6 Å². The molecule has 2 fully saturated rings. The second-order valence-corrected chi connectivity index (χ2v) is 22.7. The van der Waals surface area contributed by atoms with E-state index in [1.54, 1.807) is 37.8 Å². The third-order valence-corrected chi connectivity index (χ3v) is 12.0. The quantitative estimate of drug-likeness (QED) is 0.0843. The average molecular weight is 829 g/mol. The molecule has 2 aliphatic rings. The molecule has 58 heavy (non-hydrogen) atoms. The lowest BCUT2D eigenvalue weighted by atomic mass is 9.85. The van der Waals surface area contributed by atoms with E-state index in [4.69, 9.17) is 18.9 Å². The summed E-state index contributed by atoms with van der Waals surface area (Å²) in [6.45, 7) is 11.8. The predicted molar refractivity (Wildman–Crippen MR) is 215 cm³/mol. The highest BCUT2D eigenvalue weighted by molar-refractivity contribution is 6.76. The Labute approximate surface area is 337 Å². The number of hydrogen-bond donors (Lipinski definition) is 0. The van der Waals surface area contributed by atoms with E-state index in [2.05, 4.69) is 29.6 Å². The Balaban J connectivity index is 1.46. The monoisotopic (exact) mass is 828 g/mol. The van der Waals surface area contributed by atoms with Gasteiger partial charge in [0.25, 0.3) is 11.8 Å². The molecule has 2 aliphatic heterocycles. The predicted octanol–water partition coefficient (Wildman–Crippen LogP) is 8.03. The zero-order valence-corrected chi connectivity index (χ0v) is 35.3. The van der Waals surface area contributed by atoms with Crippen LogP contribution in [-0.2, 0) is 16.2 Å². The molecular weight excluding hydrogens is 777 g/mol. The first-order valence-electron chi connectivity index (χ1n) is 19.3. The van der Waals surface area contributed by atoms with E-state index in [-0.39, 0.29) is 48.9 Å². The first-order chi connectivity index (χ1) is 27.3. The van der Waals surface area contributed by atoms with E-state index in [0.717, 1.165) is 17.1 Å². The van der Waals surface area contributed by atoms with Gasteiger partial charge in [-0.05, 0) is 56.1 Å². The highest BCUT2D eigenvalue weighted by Crippen LogP contribution is 2.44. The second-order valence-electron chi connectivity index (χ2n) is 17.0. The van der Waals surface area contributed by atoms with Gasteiger partial charge in [0.15, 0.2) is 17.4 Å². The van der Waals surface area contributed by atoms with Crippen LogP contribution in [0.15, 0.2) is 42.9 Å². The van der Waals surface area contributed by atoms with Crippen LogP contribution in [0.3, 0.4) is 0 Å². The van der Waals surface area contributed by atoms with Crippen molar-refractivity contribution in [2.45, 2.75) is 77.0 Å². The van der Waals surface area contributed by atoms with Crippen molar-refractivity contribution < 1.29 is 46.1 Å². The average Bonchev–Trinajstić information content (AvgIpc) is 3.54. The van der Waals surface area contributed by atoms with Crippen molar-refractivity contribution in [1.82, 2.24) is 24.3 Å². The number of benzene rings is 1. The summed E-state index contributed by atoms with van der Waals surface area (Å²) in [5, 5.41) is 0.329. The molecule has 1 atom stereocenters. The van der Waals surface area contributed by atoms with E-state index in [1.165, 1.54) is 43.3 Å². The first kappa shape index (κ1) is 42.7. The maximum Gasteiger partial charge on any atom is 0.410 e. The van der Waals surface area contributed by atoms with Crippen LogP contribution in [0.4, 0.5) is 28.2 Å². The molecule has 0 bridgehead atoms. The number of carbonyl (C=O) groups excluding carboxylic acids is 2. The molecule has 12 nitrogen and oxygen atoms in total. The molecular formula is C41H52F4N6O6Si. The van der Waals surface area contributed by atoms with Gasteiger partial charge in [0.1, 0.15) is 29.6 Å². The molecule has 2 amide bonds. The Hall–Kier alpha value is -4.90. The number of hydrogen-bond acceptors (Lipinski definition) is 9. The minimum Gasteiger partial charge on any atom is -0.496 e. The van der Waals surface area contributed by atoms with E-state index < -0.39 is 62.1 Å². The summed E-state index contributed by atoms with van der Waals surface area (Å²) in [5.74, 6) is -5.13. The number of carbonyl (C=O) groups is 2. The van der Waals surface area contributed by atoms with Gasteiger partial charge in [-0.2, -0.15) is 0 Å². The van der Waals surface area contributed by atoms with E-state index >= 15 is 13.2 Å². The zero-order valence-electron chi connectivity index (χ0n) is 34.3. The number of ether oxygens (including phenoxy) is 4. The number of fused-ring (bicyclic) bond motifs is 1. The summed E-state index contributed by atoms with van der Waals surface area (Å²) in [7, 11) is 1.36. The molecule has 314 valence electrons. The van der Waals surface area contributed by atoms with Crippen molar-refractivity contribution in [3.05, 3.63) is 65.7 Å². The third-order valence-electron chi connectivity index (χ3n) is 10.3. The molecule has 2 saturated heterocycles. The van der Waals surface area contributed by atoms with Gasteiger partial charge in [-0.1, -0.05) is 19.6 Å². The fourth-order valence-electron chi connectivity index (χ4n) is 7.41. The molecule has 0 saturated carbocycles. The second kappa shape index (κ2) is 16.8. The lowest BCUT2D eigenvalue weighted by Gasteiger charge is -2.38. The Bertz CT molecular complexity index is 2150. The van der Waals surface area contributed by atoms with Crippen LogP contribution in [-0.4, -0.2) is 116 Å². The van der Waals surface area contributed by atoms with Gasteiger partial charge < -0.3 is 38.2 Å². The number of alkyl halides is 2. The van der Waals surface area contributed by atoms with Crippen LogP contribution in [0.25, 0.3) is 22.0 Å². The van der Waals surface area contributed by atoms with E-state index in [9.17, 15) is 14.0 Å². The zero-order chi connectivity index (χ0) is 42.2. The van der Waals surface area contributed by atoms with Crippen LogP contribution < -0.4 is 14.4 Å². The van der Waals surface area contributed by atoms with Gasteiger partial charge in [0.2, 0.25) is 0 Å². The summed E-state index contributed by atoms with van der Waals surface area (Å²) in [6.07, 6.45) is 2.53. The number of piperidine rings is 1. The fourth-order valence-corrected chi connectivity index (χ4v) is 8.17. The number of anilines is 1. The van der Waals surface area contributed by atoms with Crippen LogP contribution >= 0.6 is 0 Å². The summed E-state index contributed by atoms with van der Waals surface area (Å²) in [6, 6.07) is 6.80. The summed E-state index contributed by atoms with van der Waals surface area (Å²) in [4.78, 5) is 40.8. The van der Waals surface area contributed by atoms with Gasteiger partial charge in [0.05, 0.1) is 32.5 Å². The van der Waals surface area contributed by atoms with Gasteiger partial charge in [-0.25, -0.2) is 27.3 Å². The van der Waals surface area contributed by atoms with Crippen molar-refractivity contribution >= 4 is 36.8 Å². The lowest BCUT2D eigenvalue weighted by molar-refractivity contribution is -0.0758. The Morgan fingerprint density at radius 3 is 2.31 bits per heavy atom. The number of pyridine rings is 2. The largest absolute Gasteiger partial charge is 0.496 e. The Morgan fingerprint density at radius 2 is 1.66 bits per heavy atom. The lowest BCUT2D eigenvalue weighted by Crippen LogP contribution is -2.50. The molecule has 1 aromatic carbocycles. The third kappa shape index (κ3) is 9.51. The fraction of sp³-hybridized carbons (Fsp3) is 0.512. The van der Waals surface area contributed by atoms with Gasteiger partial charge in [0, 0.05) is 89.2 Å². The highest BCUT2D eigenvalue weighted by atomic mass is 28.3. The van der Waals surface area contributed by atoms with Crippen LogP contribution in [0.1, 0.15) is 49.2 Å². The van der Waals surface area contributed by atoms with Crippen LogP contribution in [0.5, 0.6) is 11.5 Å². The molecule has 6 rings (SSSR count). The van der Waals surface area contributed by atoms with Gasteiger partial charge >= 0.3 is 6.09 Å². The minimum absolute atomic E-state index is 0.00801. The summed E-state index contributed by atoms with van der Waals surface area (Å²) >= 11 is 0. The normalized spacial score (nSPS) is 17.4. The highest BCUT2D eigenvalue weighted by Gasteiger charge is 2.45. The molecule has 0 radical (unpaired) electrons. The number of aromatic nitrogens is 3. The number of likely N-dealkylation sites (tertiary alicyclic amines) is 1. The minimum atomic E-state index is -3.36. The topological polar surface area (TPSA) is 111 Å². The van der Waals surface area contributed by atoms with E-state index in [0.29, 0.717) is 47.8 Å². The molecule has 0 aliphatic carbocycles. The van der Waals surface area contributed by atoms with Crippen molar-refractivity contribution in [3.63, 3.8) is 0 Å². The number of rotatable bonds is 11. The van der Waals surface area contributed by atoms with Crippen LogP contribution in [0, 0.1) is 11.6 Å². The maximum absolute atomic E-state index is 17.5. The Kier molecular flexibility index (Phi) is 12.3. The van der Waals surface area contributed by atoms with Crippen molar-refractivity contribution in [2.24, 2.45) is 0 Å². The number of methoxy groups -OCH3 is 2. The van der Waals surface area contributed by atoms with Gasteiger partial charge in [-0.15, -0.1) is 0 Å².